The minimum Gasteiger partial charge on any atom is -0.444 e. The number of carbonyl (C=O) groups excluding carboxylic acids is 1. The quantitative estimate of drug-likeness (QED) is 0.723. The summed E-state index contributed by atoms with van der Waals surface area (Å²) < 4.78 is 5.25. The molecule has 1 saturated carbocycles. The maximum atomic E-state index is 11.8. The highest BCUT2D eigenvalue weighted by Gasteiger charge is 2.27. The van der Waals surface area contributed by atoms with Crippen LogP contribution in [0.25, 0.3) is 0 Å². The van der Waals surface area contributed by atoms with Gasteiger partial charge in [0.15, 0.2) is 0 Å². The lowest BCUT2D eigenvalue weighted by Gasteiger charge is -2.30. The Morgan fingerprint density at radius 1 is 1.35 bits per heavy atom. The first kappa shape index (κ1) is 17.2. The molecular formula is C15H30N2O3. The largest absolute Gasteiger partial charge is 0.444 e. The Labute approximate surface area is 122 Å². The number of nitrogens with two attached hydrogens (primary N) is 1. The number of aliphatic hydroxyl groups excluding tert-OH is 1. The van der Waals surface area contributed by atoms with Gasteiger partial charge in [-0.2, -0.15) is 0 Å². The first-order chi connectivity index (χ1) is 9.31. The average Bonchev–Trinajstić information content (AvgIpc) is 2.36. The van der Waals surface area contributed by atoms with Crippen LogP contribution in [0, 0.1) is 5.92 Å². The fraction of sp³-hybridized carbons (Fsp3) is 0.933. The number of ether oxygens (including phenoxy) is 1. The molecule has 2 atom stereocenters. The van der Waals surface area contributed by atoms with Gasteiger partial charge in [0, 0.05) is 6.54 Å². The van der Waals surface area contributed by atoms with Gasteiger partial charge in [0.2, 0.25) is 0 Å². The molecule has 5 nitrogen and oxygen atoms in total. The molecular weight excluding hydrogens is 256 g/mol. The predicted octanol–water partition coefficient (Wildman–Crippen LogP) is 2.17. The number of alkyl carbamates (subject to hydrolysis) is 1. The summed E-state index contributed by atoms with van der Waals surface area (Å²) in [5.41, 5.74) is 5.00. The van der Waals surface area contributed by atoms with Gasteiger partial charge in [-0.3, -0.25) is 0 Å². The molecule has 1 aliphatic rings. The standard InChI is InChI=1S/C15H30N2O3/c1-15(2,3)20-14(19)17-12(13(18)10-16)9-11-7-5-4-6-8-11/h11-13,18H,4-10,16H2,1-3H3,(H,17,19)/t12-,13+/m0/s1. The molecule has 20 heavy (non-hydrogen) atoms. The summed E-state index contributed by atoms with van der Waals surface area (Å²) in [5.74, 6) is 0.560. The highest BCUT2D eigenvalue weighted by Crippen LogP contribution is 2.28. The van der Waals surface area contributed by atoms with E-state index in [1.165, 1.54) is 32.1 Å². The van der Waals surface area contributed by atoms with E-state index in [4.69, 9.17) is 10.5 Å². The van der Waals surface area contributed by atoms with Gasteiger partial charge in [0.25, 0.3) is 0 Å². The van der Waals surface area contributed by atoms with Gasteiger partial charge < -0.3 is 20.9 Å². The second kappa shape index (κ2) is 7.84. The highest BCUT2D eigenvalue weighted by molar-refractivity contribution is 5.68. The molecule has 1 amide bonds. The van der Waals surface area contributed by atoms with Gasteiger partial charge in [-0.25, -0.2) is 4.79 Å². The summed E-state index contributed by atoms with van der Waals surface area (Å²) in [6.07, 6.45) is 5.69. The molecule has 0 aliphatic heterocycles. The van der Waals surface area contributed by atoms with Crippen LogP contribution in [0.3, 0.4) is 0 Å². The third kappa shape index (κ3) is 6.57. The van der Waals surface area contributed by atoms with Gasteiger partial charge >= 0.3 is 6.09 Å². The molecule has 0 aromatic carbocycles. The fourth-order valence-corrected chi connectivity index (χ4v) is 2.72. The van der Waals surface area contributed by atoms with Crippen LogP contribution < -0.4 is 11.1 Å². The van der Waals surface area contributed by atoms with Crippen LogP contribution in [-0.4, -0.2) is 35.5 Å². The van der Waals surface area contributed by atoms with Crippen LogP contribution in [0.4, 0.5) is 4.79 Å². The minimum atomic E-state index is -0.718. The summed E-state index contributed by atoms with van der Waals surface area (Å²) in [5, 5.41) is 12.8. The Balaban J connectivity index is 2.52. The van der Waals surface area contributed by atoms with Crippen molar-refractivity contribution in [1.82, 2.24) is 5.32 Å². The third-order valence-electron chi connectivity index (χ3n) is 3.72. The van der Waals surface area contributed by atoms with E-state index in [1.807, 2.05) is 20.8 Å². The van der Waals surface area contributed by atoms with E-state index >= 15 is 0 Å². The summed E-state index contributed by atoms with van der Waals surface area (Å²) in [6, 6.07) is -0.321. The van der Waals surface area contributed by atoms with Gasteiger partial charge in [0.05, 0.1) is 12.1 Å². The average molecular weight is 286 g/mol. The number of nitrogens with one attached hydrogen (secondary N) is 1. The molecule has 0 bridgehead atoms. The Morgan fingerprint density at radius 3 is 2.45 bits per heavy atom. The molecule has 1 rings (SSSR count). The smallest absolute Gasteiger partial charge is 0.407 e. The molecule has 118 valence electrons. The van der Waals surface area contributed by atoms with E-state index in [-0.39, 0.29) is 12.6 Å². The number of amides is 1. The molecule has 4 N–H and O–H groups in total. The number of hydrogen-bond acceptors (Lipinski definition) is 4. The van der Waals surface area contributed by atoms with E-state index in [1.54, 1.807) is 0 Å². The molecule has 0 aromatic heterocycles. The lowest BCUT2D eigenvalue weighted by atomic mass is 9.83. The second-order valence-corrected chi connectivity index (χ2v) is 6.80. The molecule has 1 aliphatic carbocycles. The fourth-order valence-electron chi connectivity index (χ4n) is 2.72. The zero-order chi connectivity index (χ0) is 15.2. The first-order valence-corrected chi connectivity index (χ1v) is 7.69. The van der Waals surface area contributed by atoms with Crippen molar-refractivity contribution in [1.29, 1.82) is 0 Å². The van der Waals surface area contributed by atoms with E-state index < -0.39 is 17.8 Å². The Hall–Kier alpha value is -0.810. The number of carbonyl (C=O) groups is 1. The zero-order valence-corrected chi connectivity index (χ0v) is 13.0. The van der Waals surface area contributed by atoms with E-state index in [0.29, 0.717) is 5.92 Å². The Kier molecular flexibility index (Phi) is 6.76. The van der Waals surface area contributed by atoms with Crippen molar-refractivity contribution in [2.45, 2.75) is 77.0 Å². The molecule has 0 radical (unpaired) electrons. The van der Waals surface area contributed by atoms with Gasteiger partial charge in [-0.05, 0) is 33.1 Å². The number of rotatable bonds is 5. The maximum Gasteiger partial charge on any atom is 0.407 e. The summed E-state index contributed by atoms with van der Waals surface area (Å²) in [7, 11) is 0. The number of aliphatic hydroxyl groups is 1. The second-order valence-electron chi connectivity index (χ2n) is 6.80. The highest BCUT2D eigenvalue weighted by atomic mass is 16.6. The van der Waals surface area contributed by atoms with Gasteiger partial charge in [-0.15, -0.1) is 0 Å². The lowest BCUT2D eigenvalue weighted by molar-refractivity contribution is 0.0402. The first-order valence-electron chi connectivity index (χ1n) is 7.69. The molecule has 0 aromatic rings. The maximum absolute atomic E-state index is 11.8. The molecule has 0 saturated heterocycles. The molecule has 1 fully saturated rings. The van der Waals surface area contributed by atoms with Crippen LogP contribution >= 0.6 is 0 Å². The third-order valence-corrected chi connectivity index (χ3v) is 3.72. The van der Waals surface area contributed by atoms with Crippen molar-refractivity contribution in [3.8, 4) is 0 Å². The van der Waals surface area contributed by atoms with Crippen LogP contribution in [0.1, 0.15) is 59.3 Å². The van der Waals surface area contributed by atoms with E-state index in [0.717, 1.165) is 6.42 Å². The van der Waals surface area contributed by atoms with E-state index in [2.05, 4.69) is 5.32 Å². The van der Waals surface area contributed by atoms with Gasteiger partial charge in [0.1, 0.15) is 5.60 Å². The van der Waals surface area contributed by atoms with Crippen molar-refractivity contribution in [3.05, 3.63) is 0 Å². The lowest BCUT2D eigenvalue weighted by Crippen LogP contribution is -2.49. The number of hydrogen-bond donors (Lipinski definition) is 3. The van der Waals surface area contributed by atoms with Crippen LogP contribution in [0.5, 0.6) is 0 Å². The van der Waals surface area contributed by atoms with Crippen LogP contribution in [-0.2, 0) is 4.74 Å². The minimum absolute atomic E-state index is 0.146. The molecule has 0 unspecified atom stereocenters. The van der Waals surface area contributed by atoms with Crippen molar-refractivity contribution in [2.24, 2.45) is 11.7 Å². The van der Waals surface area contributed by atoms with Crippen molar-refractivity contribution < 1.29 is 14.6 Å². The van der Waals surface area contributed by atoms with Crippen molar-refractivity contribution >= 4 is 6.09 Å². The Bertz CT molecular complexity index is 296. The molecule has 0 spiro atoms. The summed E-state index contributed by atoms with van der Waals surface area (Å²) in [6.45, 7) is 5.61. The predicted molar refractivity (Wildman–Crippen MR) is 79.4 cm³/mol. The SMILES string of the molecule is CC(C)(C)OC(=O)N[C@@H](CC1CCCCC1)[C@H](O)CN. The molecule has 5 heteroatoms. The summed E-state index contributed by atoms with van der Waals surface area (Å²) >= 11 is 0. The normalized spacial score (nSPS) is 20.2. The van der Waals surface area contributed by atoms with Gasteiger partial charge in [-0.1, -0.05) is 32.1 Å². The topological polar surface area (TPSA) is 84.6 Å². The summed E-state index contributed by atoms with van der Waals surface area (Å²) in [4.78, 5) is 11.8. The van der Waals surface area contributed by atoms with Crippen LogP contribution in [0.2, 0.25) is 0 Å². The van der Waals surface area contributed by atoms with E-state index in [9.17, 15) is 9.90 Å². The molecule has 0 heterocycles. The van der Waals surface area contributed by atoms with Crippen LogP contribution in [0.15, 0.2) is 0 Å². The monoisotopic (exact) mass is 286 g/mol. The van der Waals surface area contributed by atoms with Crippen molar-refractivity contribution in [3.63, 3.8) is 0 Å². The Morgan fingerprint density at radius 2 is 1.95 bits per heavy atom. The zero-order valence-electron chi connectivity index (χ0n) is 13.0. The van der Waals surface area contributed by atoms with Crippen molar-refractivity contribution in [2.75, 3.05) is 6.54 Å².